The van der Waals surface area contributed by atoms with Crippen molar-refractivity contribution in [3.63, 3.8) is 0 Å². The Morgan fingerprint density at radius 3 is 3.12 bits per heavy atom. The highest BCUT2D eigenvalue weighted by molar-refractivity contribution is 8.00. The van der Waals surface area contributed by atoms with Crippen molar-refractivity contribution < 1.29 is 0 Å². The third kappa shape index (κ3) is 1.55. The summed E-state index contributed by atoms with van der Waals surface area (Å²) in [4.78, 5) is 0. The van der Waals surface area contributed by atoms with Crippen LogP contribution in [-0.2, 0) is 0 Å². The molecule has 0 nitrogen and oxygen atoms in total. The first-order chi connectivity index (χ1) is 3.93. The molecule has 1 aliphatic carbocycles. The van der Waals surface area contributed by atoms with E-state index in [0.29, 0.717) is 0 Å². The predicted octanol–water partition coefficient (Wildman–Crippen LogP) is 2.46. The van der Waals surface area contributed by atoms with Crippen LogP contribution < -0.4 is 0 Å². The van der Waals surface area contributed by atoms with Crippen molar-refractivity contribution in [1.29, 1.82) is 0 Å². The van der Waals surface area contributed by atoms with Gasteiger partial charge in [-0.1, -0.05) is 19.1 Å². The van der Waals surface area contributed by atoms with Crippen LogP contribution >= 0.6 is 11.8 Å². The lowest BCUT2D eigenvalue weighted by atomic mass is 10.4. The third-order valence-corrected chi connectivity index (χ3v) is 2.50. The van der Waals surface area contributed by atoms with E-state index in [1.165, 1.54) is 18.6 Å². The zero-order chi connectivity index (χ0) is 5.82. The minimum atomic E-state index is 0.847. The SMILES string of the molecule is CCSC1C=CCC1. The highest BCUT2D eigenvalue weighted by Gasteiger charge is 2.06. The maximum atomic E-state index is 2.33. The van der Waals surface area contributed by atoms with Gasteiger partial charge in [-0.25, -0.2) is 0 Å². The fourth-order valence-corrected chi connectivity index (χ4v) is 1.91. The molecule has 0 spiro atoms. The largest absolute Gasteiger partial charge is 0.155 e. The molecule has 0 aliphatic heterocycles. The van der Waals surface area contributed by atoms with E-state index in [4.69, 9.17) is 0 Å². The van der Waals surface area contributed by atoms with Gasteiger partial charge in [-0.15, -0.1) is 0 Å². The summed E-state index contributed by atoms with van der Waals surface area (Å²) in [5.74, 6) is 1.26. The Bertz CT molecular complexity index is 86.4. The Balaban J connectivity index is 2.16. The molecule has 0 radical (unpaired) electrons. The van der Waals surface area contributed by atoms with Crippen molar-refractivity contribution in [1.82, 2.24) is 0 Å². The van der Waals surface area contributed by atoms with E-state index >= 15 is 0 Å². The van der Waals surface area contributed by atoms with Crippen molar-refractivity contribution in [3.8, 4) is 0 Å². The highest BCUT2D eigenvalue weighted by Crippen LogP contribution is 2.22. The maximum Gasteiger partial charge on any atom is 0.0229 e. The second-order valence-corrected chi connectivity index (χ2v) is 3.52. The molecule has 1 unspecified atom stereocenters. The van der Waals surface area contributed by atoms with Crippen LogP contribution in [0, 0.1) is 0 Å². The minimum Gasteiger partial charge on any atom is -0.155 e. The predicted molar refractivity (Wildman–Crippen MR) is 40.3 cm³/mol. The fourth-order valence-electron chi connectivity index (χ4n) is 0.958. The summed E-state index contributed by atoms with van der Waals surface area (Å²) in [5, 5.41) is 0.847. The van der Waals surface area contributed by atoms with Gasteiger partial charge in [0.1, 0.15) is 0 Å². The molecule has 1 rings (SSSR count). The lowest BCUT2D eigenvalue weighted by molar-refractivity contribution is 0.944. The van der Waals surface area contributed by atoms with Crippen LogP contribution in [0.25, 0.3) is 0 Å². The van der Waals surface area contributed by atoms with E-state index in [1.54, 1.807) is 0 Å². The molecule has 0 N–H and O–H groups in total. The average molecular weight is 128 g/mol. The Kier molecular flexibility index (Phi) is 2.47. The molecule has 46 valence electrons. The lowest BCUT2D eigenvalue weighted by Gasteiger charge is -2.01. The van der Waals surface area contributed by atoms with Crippen molar-refractivity contribution in [2.45, 2.75) is 25.0 Å². The summed E-state index contributed by atoms with van der Waals surface area (Å²) < 4.78 is 0. The minimum absolute atomic E-state index is 0.847. The Morgan fingerprint density at radius 2 is 2.62 bits per heavy atom. The molecule has 1 aliphatic rings. The summed E-state index contributed by atoms with van der Waals surface area (Å²) in [6.45, 7) is 2.22. The van der Waals surface area contributed by atoms with Crippen LogP contribution in [0.15, 0.2) is 12.2 Å². The van der Waals surface area contributed by atoms with E-state index in [2.05, 4.69) is 30.8 Å². The molecule has 0 saturated carbocycles. The molecule has 0 aromatic rings. The second-order valence-electron chi connectivity index (χ2n) is 2.00. The van der Waals surface area contributed by atoms with Crippen molar-refractivity contribution in [3.05, 3.63) is 12.2 Å². The molecule has 0 aromatic carbocycles. The van der Waals surface area contributed by atoms with Gasteiger partial charge in [0.05, 0.1) is 0 Å². The van der Waals surface area contributed by atoms with Gasteiger partial charge in [0.15, 0.2) is 0 Å². The first kappa shape index (κ1) is 6.21. The third-order valence-electron chi connectivity index (χ3n) is 1.35. The molecule has 1 heteroatoms. The first-order valence-corrected chi connectivity index (χ1v) is 4.26. The number of hydrogen-bond acceptors (Lipinski definition) is 1. The molecular weight excluding hydrogens is 116 g/mol. The van der Waals surface area contributed by atoms with Crippen LogP contribution in [0.5, 0.6) is 0 Å². The van der Waals surface area contributed by atoms with Crippen LogP contribution in [0.2, 0.25) is 0 Å². The Labute approximate surface area is 55.4 Å². The van der Waals surface area contributed by atoms with Gasteiger partial charge in [0.2, 0.25) is 0 Å². The first-order valence-electron chi connectivity index (χ1n) is 3.21. The summed E-state index contributed by atoms with van der Waals surface area (Å²) in [5.41, 5.74) is 0. The van der Waals surface area contributed by atoms with Crippen molar-refractivity contribution in [2.75, 3.05) is 5.75 Å². The molecule has 0 heterocycles. The topological polar surface area (TPSA) is 0 Å². The van der Waals surface area contributed by atoms with Crippen LogP contribution in [-0.4, -0.2) is 11.0 Å². The van der Waals surface area contributed by atoms with Gasteiger partial charge in [0.25, 0.3) is 0 Å². The maximum absolute atomic E-state index is 2.33. The Hall–Kier alpha value is 0.0900. The Morgan fingerprint density at radius 1 is 1.75 bits per heavy atom. The lowest BCUT2D eigenvalue weighted by Crippen LogP contribution is -1.91. The summed E-state index contributed by atoms with van der Waals surface area (Å²) in [6, 6.07) is 0. The molecule has 0 saturated heterocycles. The van der Waals surface area contributed by atoms with Crippen molar-refractivity contribution >= 4 is 11.8 Å². The zero-order valence-electron chi connectivity index (χ0n) is 5.26. The van der Waals surface area contributed by atoms with Crippen LogP contribution in [0.4, 0.5) is 0 Å². The molecule has 0 fully saturated rings. The van der Waals surface area contributed by atoms with Gasteiger partial charge in [-0.05, 0) is 18.6 Å². The number of rotatable bonds is 2. The molecule has 8 heavy (non-hydrogen) atoms. The molecule has 0 bridgehead atoms. The smallest absolute Gasteiger partial charge is 0.0229 e. The van der Waals surface area contributed by atoms with Gasteiger partial charge >= 0.3 is 0 Å². The molecular formula is C7H12S. The van der Waals surface area contributed by atoms with Crippen molar-refractivity contribution in [2.24, 2.45) is 0 Å². The fraction of sp³-hybridized carbons (Fsp3) is 0.714. The van der Waals surface area contributed by atoms with E-state index in [0.717, 1.165) is 5.25 Å². The molecule has 0 amide bonds. The van der Waals surface area contributed by atoms with E-state index in [-0.39, 0.29) is 0 Å². The van der Waals surface area contributed by atoms with Gasteiger partial charge < -0.3 is 0 Å². The van der Waals surface area contributed by atoms with Gasteiger partial charge in [-0.2, -0.15) is 11.8 Å². The van der Waals surface area contributed by atoms with E-state index in [1.807, 2.05) is 0 Å². The quantitative estimate of drug-likeness (QED) is 0.515. The molecule has 0 aromatic heterocycles. The summed E-state index contributed by atoms with van der Waals surface area (Å²) in [7, 11) is 0. The van der Waals surface area contributed by atoms with E-state index in [9.17, 15) is 0 Å². The summed E-state index contributed by atoms with van der Waals surface area (Å²) in [6.07, 6.45) is 7.29. The second kappa shape index (κ2) is 3.18. The number of allylic oxidation sites excluding steroid dienone is 1. The summed E-state index contributed by atoms with van der Waals surface area (Å²) >= 11 is 2.05. The normalized spacial score (nSPS) is 26.9. The average Bonchev–Trinajstić information content (AvgIpc) is 2.19. The molecule has 1 atom stereocenters. The standard InChI is InChI=1S/C7H12S/c1-2-8-7-5-3-4-6-7/h3,5,7H,2,4,6H2,1H3. The monoisotopic (exact) mass is 128 g/mol. The number of thioether (sulfide) groups is 1. The number of hydrogen-bond donors (Lipinski definition) is 0. The highest BCUT2D eigenvalue weighted by atomic mass is 32.2. The van der Waals surface area contributed by atoms with E-state index < -0.39 is 0 Å². The van der Waals surface area contributed by atoms with Gasteiger partial charge in [-0.3, -0.25) is 0 Å². The van der Waals surface area contributed by atoms with Crippen LogP contribution in [0.1, 0.15) is 19.8 Å². The zero-order valence-corrected chi connectivity index (χ0v) is 6.08. The van der Waals surface area contributed by atoms with Crippen LogP contribution in [0.3, 0.4) is 0 Å². The van der Waals surface area contributed by atoms with Gasteiger partial charge in [0, 0.05) is 5.25 Å².